The van der Waals surface area contributed by atoms with E-state index in [1.54, 1.807) is 18.2 Å². The van der Waals surface area contributed by atoms with Crippen LogP contribution >= 0.6 is 11.6 Å². The van der Waals surface area contributed by atoms with Crippen molar-refractivity contribution in [1.82, 2.24) is 0 Å². The third-order valence-corrected chi connectivity index (χ3v) is 5.73. The van der Waals surface area contributed by atoms with Crippen LogP contribution < -0.4 is 5.73 Å². The summed E-state index contributed by atoms with van der Waals surface area (Å²) in [4.78, 5) is 0.642. The second kappa shape index (κ2) is 4.76. The SMILES string of the molecule is CC1(C)CC(S(=O)c2ccc(Cl)cc2N)C(C)(C)O1. The number of hydrogen-bond donors (Lipinski definition) is 1. The monoisotopic (exact) mass is 301 g/mol. The fourth-order valence-electron chi connectivity index (χ4n) is 2.70. The zero-order valence-electron chi connectivity index (χ0n) is 11.7. The molecule has 3 nitrogen and oxygen atoms in total. The van der Waals surface area contributed by atoms with Gasteiger partial charge in [-0.1, -0.05) is 11.6 Å². The fraction of sp³-hybridized carbons (Fsp3) is 0.571. The quantitative estimate of drug-likeness (QED) is 0.852. The minimum atomic E-state index is -1.20. The Labute approximate surface area is 121 Å². The molecule has 2 unspecified atom stereocenters. The molecule has 0 bridgehead atoms. The first-order valence-corrected chi connectivity index (χ1v) is 7.87. The molecule has 0 saturated carbocycles. The molecule has 106 valence electrons. The molecule has 0 aromatic heterocycles. The molecular weight excluding hydrogens is 282 g/mol. The fourth-order valence-corrected chi connectivity index (χ4v) is 4.80. The lowest BCUT2D eigenvalue weighted by Crippen LogP contribution is -2.36. The van der Waals surface area contributed by atoms with Gasteiger partial charge in [-0.2, -0.15) is 0 Å². The third kappa shape index (κ3) is 2.96. The summed E-state index contributed by atoms with van der Waals surface area (Å²) in [5, 5.41) is 0.478. The van der Waals surface area contributed by atoms with Crippen molar-refractivity contribution in [2.75, 3.05) is 5.73 Å². The Morgan fingerprint density at radius 2 is 2.00 bits per heavy atom. The van der Waals surface area contributed by atoms with Gasteiger partial charge in [0.2, 0.25) is 0 Å². The van der Waals surface area contributed by atoms with Crippen LogP contribution in [0.3, 0.4) is 0 Å². The van der Waals surface area contributed by atoms with E-state index in [4.69, 9.17) is 22.1 Å². The molecule has 0 radical (unpaired) electrons. The topological polar surface area (TPSA) is 52.3 Å². The van der Waals surface area contributed by atoms with Crippen molar-refractivity contribution in [2.24, 2.45) is 0 Å². The normalized spacial score (nSPS) is 26.3. The van der Waals surface area contributed by atoms with Crippen LogP contribution in [0.25, 0.3) is 0 Å². The largest absolute Gasteiger partial charge is 0.398 e. The zero-order chi connectivity index (χ0) is 14.4. The average molecular weight is 302 g/mol. The Morgan fingerprint density at radius 3 is 2.47 bits per heavy atom. The van der Waals surface area contributed by atoms with E-state index in [1.165, 1.54) is 0 Å². The molecule has 1 saturated heterocycles. The van der Waals surface area contributed by atoms with Crippen molar-refractivity contribution in [3.05, 3.63) is 23.2 Å². The molecule has 2 rings (SSSR count). The Hall–Kier alpha value is -0.580. The molecule has 1 heterocycles. The van der Waals surface area contributed by atoms with Crippen LogP contribution in [0, 0.1) is 0 Å². The zero-order valence-corrected chi connectivity index (χ0v) is 13.3. The Bertz CT molecular complexity index is 528. The van der Waals surface area contributed by atoms with E-state index in [0.717, 1.165) is 6.42 Å². The maximum Gasteiger partial charge on any atom is 0.0781 e. The van der Waals surface area contributed by atoms with Crippen LogP contribution in [0.4, 0.5) is 5.69 Å². The second-order valence-corrected chi connectivity index (χ2v) is 8.18. The van der Waals surface area contributed by atoms with Gasteiger partial charge in [-0.25, -0.2) is 0 Å². The van der Waals surface area contributed by atoms with Gasteiger partial charge in [-0.05, 0) is 52.3 Å². The second-order valence-electron chi connectivity index (χ2n) is 6.14. The van der Waals surface area contributed by atoms with Gasteiger partial charge in [0.05, 0.1) is 32.1 Å². The number of nitrogen functional groups attached to an aromatic ring is 1. The van der Waals surface area contributed by atoms with Gasteiger partial charge in [0, 0.05) is 10.7 Å². The molecule has 0 spiro atoms. The maximum atomic E-state index is 12.8. The van der Waals surface area contributed by atoms with Gasteiger partial charge in [0.1, 0.15) is 0 Å². The van der Waals surface area contributed by atoms with Gasteiger partial charge in [-0.15, -0.1) is 0 Å². The van der Waals surface area contributed by atoms with E-state index >= 15 is 0 Å². The van der Waals surface area contributed by atoms with Crippen LogP contribution in [-0.4, -0.2) is 20.7 Å². The molecule has 19 heavy (non-hydrogen) atoms. The highest BCUT2D eigenvalue weighted by Gasteiger charge is 2.49. The van der Waals surface area contributed by atoms with Crippen molar-refractivity contribution in [3.8, 4) is 0 Å². The summed E-state index contributed by atoms with van der Waals surface area (Å²) in [5.41, 5.74) is 5.72. The third-order valence-electron chi connectivity index (χ3n) is 3.44. The first kappa shape index (κ1) is 14.8. The first-order valence-electron chi connectivity index (χ1n) is 6.28. The highest BCUT2D eigenvalue weighted by Crippen LogP contribution is 2.42. The smallest absolute Gasteiger partial charge is 0.0781 e. The maximum absolute atomic E-state index is 12.8. The van der Waals surface area contributed by atoms with Crippen LogP contribution in [-0.2, 0) is 15.5 Å². The molecule has 2 N–H and O–H groups in total. The first-order chi connectivity index (χ1) is 8.62. The van der Waals surface area contributed by atoms with Crippen molar-refractivity contribution in [2.45, 2.75) is 55.5 Å². The molecule has 1 aromatic carbocycles. The predicted molar refractivity (Wildman–Crippen MR) is 79.9 cm³/mol. The molecule has 1 aliphatic rings. The van der Waals surface area contributed by atoms with Crippen molar-refractivity contribution in [3.63, 3.8) is 0 Å². The minimum Gasteiger partial charge on any atom is -0.398 e. The number of ether oxygens (including phenoxy) is 1. The number of hydrogen-bond acceptors (Lipinski definition) is 3. The van der Waals surface area contributed by atoms with Gasteiger partial charge < -0.3 is 10.5 Å². The molecule has 0 amide bonds. The Balaban J connectivity index is 2.34. The summed E-state index contributed by atoms with van der Waals surface area (Å²) in [6.07, 6.45) is 0.745. The molecule has 1 fully saturated rings. The van der Waals surface area contributed by atoms with E-state index < -0.39 is 16.4 Å². The molecule has 5 heteroatoms. The van der Waals surface area contributed by atoms with Crippen molar-refractivity contribution >= 4 is 28.1 Å². The number of benzene rings is 1. The molecule has 1 aromatic rings. The van der Waals surface area contributed by atoms with Crippen molar-refractivity contribution in [1.29, 1.82) is 0 Å². The summed E-state index contributed by atoms with van der Waals surface area (Å²) >= 11 is 5.88. The highest BCUT2D eigenvalue weighted by atomic mass is 35.5. The number of nitrogens with two attached hydrogens (primary N) is 1. The summed E-state index contributed by atoms with van der Waals surface area (Å²) in [5.74, 6) is 0. The predicted octanol–water partition coefficient (Wildman–Crippen LogP) is 3.38. The van der Waals surface area contributed by atoms with Gasteiger partial charge in [0.25, 0.3) is 0 Å². The number of anilines is 1. The van der Waals surface area contributed by atoms with Gasteiger partial charge in [0.15, 0.2) is 0 Å². The summed E-state index contributed by atoms with van der Waals surface area (Å²) in [7, 11) is -1.20. The van der Waals surface area contributed by atoms with Crippen LogP contribution in [0.1, 0.15) is 34.1 Å². The van der Waals surface area contributed by atoms with E-state index in [9.17, 15) is 4.21 Å². The molecule has 1 aliphatic heterocycles. The molecule has 2 atom stereocenters. The van der Waals surface area contributed by atoms with Gasteiger partial charge >= 0.3 is 0 Å². The Morgan fingerprint density at radius 1 is 1.37 bits per heavy atom. The summed E-state index contributed by atoms with van der Waals surface area (Å²) in [6.45, 7) is 8.02. The van der Waals surface area contributed by atoms with E-state index in [0.29, 0.717) is 15.6 Å². The standard InChI is InChI=1S/C14H20ClNO2S/c1-13(2)8-12(14(3,4)18-13)19(17)11-6-5-9(15)7-10(11)16/h5-7,12H,8,16H2,1-4H3. The lowest BCUT2D eigenvalue weighted by molar-refractivity contribution is -0.0633. The van der Waals surface area contributed by atoms with E-state index in [-0.39, 0.29) is 10.9 Å². The summed E-state index contributed by atoms with van der Waals surface area (Å²) in [6, 6.07) is 5.11. The molecular formula is C14H20ClNO2S. The highest BCUT2D eigenvalue weighted by molar-refractivity contribution is 7.86. The Kier molecular flexibility index (Phi) is 3.71. The molecule has 0 aliphatic carbocycles. The van der Waals surface area contributed by atoms with Crippen LogP contribution in [0.2, 0.25) is 5.02 Å². The van der Waals surface area contributed by atoms with E-state index in [1.807, 2.05) is 27.7 Å². The van der Waals surface area contributed by atoms with Crippen LogP contribution in [0.5, 0.6) is 0 Å². The average Bonchev–Trinajstić information content (AvgIpc) is 2.45. The number of rotatable bonds is 2. The van der Waals surface area contributed by atoms with Crippen molar-refractivity contribution < 1.29 is 8.95 Å². The lowest BCUT2D eigenvalue weighted by Gasteiger charge is -2.27. The van der Waals surface area contributed by atoms with E-state index in [2.05, 4.69) is 0 Å². The van der Waals surface area contributed by atoms with Crippen LogP contribution in [0.15, 0.2) is 23.1 Å². The lowest BCUT2D eigenvalue weighted by atomic mass is 10.0. The number of halogens is 1. The minimum absolute atomic E-state index is 0.0778. The summed E-state index contributed by atoms with van der Waals surface area (Å²) < 4.78 is 18.8. The van der Waals surface area contributed by atoms with Gasteiger partial charge in [-0.3, -0.25) is 4.21 Å².